The third kappa shape index (κ3) is 5.68. The van der Waals surface area contributed by atoms with E-state index >= 15 is 0 Å². The molecule has 0 aliphatic carbocycles. The maximum atomic E-state index is 13.3. The summed E-state index contributed by atoms with van der Waals surface area (Å²) in [6.07, 6.45) is 0. The van der Waals surface area contributed by atoms with Gasteiger partial charge in [-0.05, 0) is 29.8 Å². The van der Waals surface area contributed by atoms with Crippen molar-refractivity contribution in [1.82, 2.24) is 14.7 Å². The van der Waals surface area contributed by atoms with Gasteiger partial charge in [0.2, 0.25) is 0 Å². The number of halogens is 1. The fourth-order valence-corrected chi connectivity index (χ4v) is 4.54. The Labute approximate surface area is 216 Å². The number of aromatic nitrogens is 2. The average molecular weight is 495 g/mol. The van der Waals surface area contributed by atoms with Gasteiger partial charge >= 0.3 is 0 Å². The lowest BCUT2D eigenvalue weighted by molar-refractivity contribution is 0.288. The summed E-state index contributed by atoms with van der Waals surface area (Å²) in [5, 5.41) is 5.39. The summed E-state index contributed by atoms with van der Waals surface area (Å²) in [5.41, 5.74) is 4.25. The first-order valence-electron chi connectivity index (χ1n) is 12.1. The van der Waals surface area contributed by atoms with Crippen LogP contribution >= 0.6 is 11.6 Å². The molecule has 4 aromatic rings. The standard InChI is InChI=1S/C30H27ClN4O/c31-26-14-9-15-27(22-26)34-20-18-33(19-21-34)16-7-8-17-35-30(36)28(24-10-3-1-4-11-24)23-29(32-35)25-12-5-2-6-13-25/h1-6,9-15,22-23H,16-21H2. The first-order chi connectivity index (χ1) is 17.7. The molecular formula is C30H27ClN4O. The Morgan fingerprint density at radius 3 is 2.11 bits per heavy atom. The molecule has 1 aliphatic rings. The highest BCUT2D eigenvalue weighted by Gasteiger charge is 2.16. The van der Waals surface area contributed by atoms with Crippen LogP contribution in [0.4, 0.5) is 5.69 Å². The van der Waals surface area contributed by atoms with Gasteiger partial charge in [0.1, 0.15) is 6.54 Å². The van der Waals surface area contributed by atoms with Crippen molar-refractivity contribution in [3.63, 3.8) is 0 Å². The third-order valence-corrected chi connectivity index (χ3v) is 6.57. The van der Waals surface area contributed by atoms with E-state index < -0.39 is 0 Å². The predicted molar refractivity (Wildman–Crippen MR) is 147 cm³/mol. The van der Waals surface area contributed by atoms with Crippen LogP contribution in [-0.4, -0.2) is 47.4 Å². The van der Waals surface area contributed by atoms with Gasteiger partial charge in [0.05, 0.1) is 17.8 Å². The van der Waals surface area contributed by atoms with Crippen LogP contribution in [0.15, 0.2) is 95.8 Å². The van der Waals surface area contributed by atoms with Crippen molar-refractivity contribution in [2.45, 2.75) is 6.54 Å². The van der Waals surface area contributed by atoms with Crippen LogP contribution in [0, 0.1) is 11.8 Å². The van der Waals surface area contributed by atoms with Gasteiger partial charge in [-0.15, -0.1) is 0 Å². The molecule has 5 rings (SSSR count). The number of hydrogen-bond acceptors (Lipinski definition) is 4. The molecule has 0 radical (unpaired) electrons. The highest BCUT2D eigenvalue weighted by molar-refractivity contribution is 6.30. The minimum atomic E-state index is -0.134. The van der Waals surface area contributed by atoms with Gasteiger partial charge in [0.25, 0.3) is 5.56 Å². The zero-order chi connectivity index (χ0) is 24.7. The van der Waals surface area contributed by atoms with Gasteiger partial charge in [-0.3, -0.25) is 9.69 Å². The zero-order valence-corrected chi connectivity index (χ0v) is 20.7. The third-order valence-electron chi connectivity index (χ3n) is 6.33. The first-order valence-corrected chi connectivity index (χ1v) is 12.5. The number of nitrogens with zero attached hydrogens (tertiary/aromatic N) is 4. The summed E-state index contributed by atoms with van der Waals surface area (Å²) in [6.45, 7) is 4.65. The molecule has 5 nitrogen and oxygen atoms in total. The second-order valence-corrected chi connectivity index (χ2v) is 9.17. The van der Waals surface area contributed by atoms with Gasteiger partial charge in [0.15, 0.2) is 0 Å². The van der Waals surface area contributed by atoms with Crippen LogP contribution in [0.3, 0.4) is 0 Å². The molecule has 180 valence electrons. The molecule has 3 aromatic carbocycles. The van der Waals surface area contributed by atoms with E-state index in [9.17, 15) is 4.79 Å². The van der Waals surface area contributed by atoms with Crippen molar-refractivity contribution >= 4 is 17.3 Å². The van der Waals surface area contributed by atoms with E-state index in [0.29, 0.717) is 12.1 Å². The second-order valence-electron chi connectivity index (χ2n) is 8.73. The van der Waals surface area contributed by atoms with E-state index in [-0.39, 0.29) is 12.1 Å². The Hall–Kier alpha value is -3.85. The largest absolute Gasteiger partial charge is 0.369 e. The Morgan fingerprint density at radius 2 is 1.42 bits per heavy atom. The van der Waals surface area contributed by atoms with E-state index in [0.717, 1.165) is 53.7 Å². The Kier molecular flexibility index (Phi) is 7.47. The summed E-state index contributed by atoms with van der Waals surface area (Å²) >= 11 is 6.14. The van der Waals surface area contributed by atoms with Crippen molar-refractivity contribution < 1.29 is 0 Å². The molecule has 1 saturated heterocycles. The lowest BCUT2D eigenvalue weighted by atomic mass is 10.0. The summed E-state index contributed by atoms with van der Waals surface area (Å²) in [7, 11) is 0. The van der Waals surface area contributed by atoms with Crippen LogP contribution in [0.5, 0.6) is 0 Å². The summed E-state index contributed by atoms with van der Waals surface area (Å²) in [5.74, 6) is 6.42. The van der Waals surface area contributed by atoms with Crippen LogP contribution in [0.25, 0.3) is 22.4 Å². The summed E-state index contributed by atoms with van der Waals surface area (Å²) in [6, 6.07) is 29.5. The van der Waals surface area contributed by atoms with Gasteiger partial charge in [-0.25, -0.2) is 4.68 Å². The van der Waals surface area contributed by atoms with Gasteiger partial charge in [-0.2, -0.15) is 5.10 Å². The average Bonchev–Trinajstić information content (AvgIpc) is 2.93. The predicted octanol–water partition coefficient (Wildman–Crippen LogP) is 5.06. The SMILES string of the molecule is O=c1c(-c2ccccc2)cc(-c2ccccc2)nn1CC#CCN1CCN(c2cccc(Cl)c2)CC1. The molecule has 0 saturated carbocycles. The van der Waals surface area contributed by atoms with Gasteiger partial charge < -0.3 is 4.90 Å². The number of rotatable bonds is 5. The minimum Gasteiger partial charge on any atom is -0.369 e. The van der Waals surface area contributed by atoms with Crippen molar-refractivity contribution in [3.8, 4) is 34.2 Å². The van der Waals surface area contributed by atoms with E-state index in [1.54, 1.807) is 0 Å². The van der Waals surface area contributed by atoms with E-state index in [1.165, 1.54) is 4.68 Å². The molecule has 1 fully saturated rings. The second kappa shape index (κ2) is 11.3. The van der Waals surface area contributed by atoms with Crippen molar-refractivity contribution in [1.29, 1.82) is 0 Å². The lowest BCUT2D eigenvalue weighted by Gasteiger charge is -2.35. The molecule has 1 aromatic heterocycles. The highest BCUT2D eigenvalue weighted by atomic mass is 35.5. The van der Waals surface area contributed by atoms with Crippen molar-refractivity contribution in [2.75, 3.05) is 37.6 Å². The zero-order valence-electron chi connectivity index (χ0n) is 20.0. The Balaban J connectivity index is 1.29. The van der Waals surface area contributed by atoms with Crippen LogP contribution in [0.1, 0.15) is 0 Å². The Morgan fingerprint density at radius 1 is 0.750 bits per heavy atom. The molecule has 2 heterocycles. The van der Waals surface area contributed by atoms with Crippen molar-refractivity contribution in [3.05, 3.63) is 106 Å². The van der Waals surface area contributed by atoms with E-state index in [2.05, 4.69) is 32.8 Å². The number of piperazine rings is 1. The maximum Gasteiger partial charge on any atom is 0.275 e. The molecule has 0 atom stereocenters. The molecule has 36 heavy (non-hydrogen) atoms. The molecular weight excluding hydrogens is 468 g/mol. The number of hydrogen-bond donors (Lipinski definition) is 0. The van der Waals surface area contributed by atoms with Crippen LogP contribution in [0.2, 0.25) is 5.02 Å². The molecule has 0 bridgehead atoms. The smallest absolute Gasteiger partial charge is 0.275 e. The van der Waals surface area contributed by atoms with E-state index in [4.69, 9.17) is 11.6 Å². The summed E-state index contributed by atoms with van der Waals surface area (Å²) in [4.78, 5) is 17.9. The number of anilines is 1. The minimum absolute atomic E-state index is 0.134. The molecule has 0 N–H and O–H groups in total. The summed E-state index contributed by atoms with van der Waals surface area (Å²) < 4.78 is 1.48. The van der Waals surface area contributed by atoms with Crippen LogP contribution in [-0.2, 0) is 6.54 Å². The highest BCUT2D eigenvalue weighted by Crippen LogP contribution is 2.22. The first kappa shape index (κ1) is 23.9. The molecule has 0 amide bonds. The quantitative estimate of drug-likeness (QED) is 0.364. The van der Waals surface area contributed by atoms with Gasteiger partial charge in [-0.1, -0.05) is 90.2 Å². The normalized spacial score (nSPS) is 13.8. The van der Waals surface area contributed by atoms with Crippen LogP contribution < -0.4 is 10.5 Å². The molecule has 0 unspecified atom stereocenters. The monoisotopic (exact) mass is 494 g/mol. The topological polar surface area (TPSA) is 41.4 Å². The molecule has 1 aliphatic heterocycles. The molecule has 6 heteroatoms. The molecule has 0 spiro atoms. The van der Waals surface area contributed by atoms with Crippen molar-refractivity contribution in [2.24, 2.45) is 0 Å². The number of benzene rings is 3. The fourth-order valence-electron chi connectivity index (χ4n) is 4.36. The fraction of sp³-hybridized carbons (Fsp3) is 0.200. The van der Waals surface area contributed by atoms with Gasteiger partial charge in [0, 0.05) is 42.5 Å². The Bertz CT molecular complexity index is 1430. The lowest BCUT2D eigenvalue weighted by Crippen LogP contribution is -2.46. The van der Waals surface area contributed by atoms with E-state index in [1.807, 2.05) is 84.9 Å². The maximum absolute atomic E-state index is 13.3.